The number of quaternary nitrogens is 1. The van der Waals surface area contributed by atoms with Crippen molar-refractivity contribution in [1.82, 2.24) is 0 Å². The van der Waals surface area contributed by atoms with Crippen molar-refractivity contribution in [3.63, 3.8) is 0 Å². The summed E-state index contributed by atoms with van der Waals surface area (Å²) in [6.07, 6.45) is 52.3. The molecule has 0 aliphatic rings. The Morgan fingerprint density at radius 3 is 1.45 bits per heavy atom. The van der Waals surface area contributed by atoms with E-state index in [4.69, 9.17) is 18.5 Å². The molecule has 338 valence electrons. The van der Waals surface area contributed by atoms with Gasteiger partial charge < -0.3 is 27.9 Å². The molecule has 0 fully saturated rings. The van der Waals surface area contributed by atoms with Crippen molar-refractivity contribution in [1.29, 1.82) is 0 Å². The average molecular weight is 836 g/mol. The minimum Gasteiger partial charge on any atom is -0.756 e. The summed E-state index contributed by atoms with van der Waals surface area (Å²) < 4.78 is 34.6. The molecule has 0 spiro atoms. The number of nitrogens with zero attached hydrogens (tertiary/aromatic N) is 1. The monoisotopic (exact) mass is 836 g/mol. The van der Waals surface area contributed by atoms with Crippen molar-refractivity contribution < 1.29 is 37.3 Å². The van der Waals surface area contributed by atoms with Gasteiger partial charge in [-0.3, -0.25) is 9.36 Å². The van der Waals surface area contributed by atoms with Crippen LogP contribution in [0, 0.1) is 0 Å². The van der Waals surface area contributed by atoms with Gasteiger partial charge in [0.15, 0.2) is 0 Å². The number of allylic oxidation sites excluding steroid dienone is 10. The van der Waals surface area contributed by atoms with Crippen LogP contribution in [0.15, 0.2) is 60.8 Å². The molecule has 9 heteroatoms. The molecule has 0 bridgehead atoms. The zero-order valence-corrected chi connectivity index (χ0v) is 39.1. The largest absolute Gasteiger partial charge is 0.756 e. The van der Waals surface area contributed by atoms with Crippen molar-refractivity contribution in [3.05, 3.63) is 60.8 Å². The molecule has 58 heavy (non-hydrogen) atoms. The first-order chi connectivity index (χ1) is 28.1. The van der Waals surface area contributed by atoms with Gasteiger partial charge in [-0.05, 0) is 83.5 Å². The highest BCUT2D eigenvalue weighted by Crippen LogP contribution is 2.38. The maximum atomic E-state index is 12.7. The van der Waals surface area contributed by atoms with E-state index in [9.17, 15) is 14.3 Å². The van der Waals surface area contributed by atoms with Gasteiger partial charge in [0.2, 0.25) is 0 Å². The maximum absolute atomic E-state index is 12.7. The Hall–Kier alpha value is -1.80. The number of phosphoric acid groups is 1. The van der Waals surface area contributed by atoms with Gasteiger partial charge in [0.05, 0.1) is 34.4 Å². The molecule has 0 aliphatic carbocycles. The van der Waals surface area contributed by atoms with E-state index in [1.807, 2.05) is 21.1 Å². The third-order valence-electron chi connectivity index (χ3n) is 9.79. The molecule has 8 nitrogen and oxygen atoms in total. The number of carbonyl (C=O) groups is 1. The molecule has 2 unspecified atom stereocenters. The zero-order valence-electron chi connectivity index (χ0n) is 38.2. The first-order valence-corrected chi connectivity index (χ1v) is 25.0. The van der Waals surface area contributed by atoms with Crippen LogP contribution in [0.1, 0.15) is 187 Å². The smallest absolute Gasteiger partial charge is 0.306 e. The third-order valence-corrected chi connectivity index (χ3v) is 10.8. The number of carbonyl (C=O) groups excluding carboxylic acids is 1. The Morgan fingerprint density at radius 2 is 0.948 bits per heavy atom. The number of likely N-dealkylation sites (N-methyl/N-ethyl adjacent to an activating group) is 1. The third kappa shape index (κ3) is 45.3. The van der Waals surface area contributed by atoms with E-state index in [-0.39, 0.29) is 25.8 Å². The molecule has 0 saturated heterocycles. The van der Waals surface area contributed by atoms with Gasteiger partial charge >= 0.3 is 5.97 Å². The summed E-state index contributed by atoms with van der Waals surface area (Å²) in [4.78, 5) is 25.1. The topological polar surface area (TPSA) is 94.1 Å². The predicted molar refractivity (Wildman–Crippen MR) is 245 cm³/mol. The van der Waals surface area contributed by atoms with Crippen molar-refractivity contribution in [2.24, 2.45) is 0 Å². The van der Waals surface area contributed by atoms with E-state index < -0.39 is 13.9 Å². The van der Waals surface area contributed by atoms with Gasteiger partial charge in [-0.2, -0.15) is 0 Å². The molecule has 0 amide bonds. The van der Waals surface area contributed by atoms with Crippen LogP contribution in [0.4, 0.5) is 0 Å². The van der Waals surface area contributed by atoms with Crippen molar-refractivity contribution in [2.75, 3.05) is 54.1 Å². The fourth-order valence-corrected chi connectivity index (χ4v) is 6.84. The van der Waals surface area contributed by atoms with Gasteiger partial charge in [0.1, 0.15) is 19.3 Å². The summed E-state index contributed by atoms with van der Waals surface area (Å²) in [5.74, 6) is -0.353. The number of ether oxygens (including phenoxy) is 2. The van der Waals surface area contributed by atoms with E-state index >= 15 is 0 Å². The Kier molecular flexibility index (Phi) is 40.6. The summed E-state index contributed by atoms with van der Waals surface area (Å²) in [6.45, 7) is 5.32. The molecule has 0 N–H and O–H groups in total. The first-order valence-electron chi connectivity index (χ1n) is 23.5. The lowest BCUT2D eigenvalue weighted by molar-refractivity contribution is -0.870. The SMILES string of the molecule is CCCCC/C=C\C/C=C\C/C=C\CCCCCCCCCOCC(COP(=O)([O-])OCC[N+](C)(C)C)OC(=O)CCCCCCC/C=C\C/C=C\CCCCCC. The van der Waals surface area contributed by atoms with Crippen LogP contribution in [0.25, 0.3) is 0 Å². The molecule has 0 radical (unpaired) electrons. The summed E-state index contributed by atoms with van der Waals surface area (Å²) in [5, 5.41) is 0. The van der Waals surface area contributed by atoms with E-state index in [0.717, 1.165) is 83.5 Å². The molecule has 0 rings (SSSR count). The zero-order chi connectivity index (χ0) is 42.7. The molecule has 0 aliphatic heterocycles. The summed E-state index contributed by atoms with van der Waals surface area (Å²) in [6, 6.07) is 0. The van der Waals surface area contributed by atoms with Crippen LogP contribution in [0.5, 0.6) is 0 Å². The number of hydrogen-bond donors (Lipinski definition) is 0. The number of phosphoric ester groups is 1. The Morgan fingerprint density at radius 1 is 0.534 bits per heavy atom. The number of hydrogen-bond acceptors (Lipinski definition) is 7. The van der Waals surface area contributed by atoms with E-state index in [0.29, 0.717) is 24.1 Å². The Bertz CT molecular complexity index is 1110. The fourth-order valence-electron chi connectivity index (χ4n) is 6.11. The fraction of sp³-hybridized carbons (Fsp3) is 0.776. The molecule has 2 atom stereocenters. The van der Waals surface area contributed by atoms with Crippen molar-refractivity contribution in [2.45, 2.75) is 193 Å². The van der Waals surface area contributed by atoms with E-state index in [2.05, 4.69) is 74.6 Å². The van der Waals surface area contributed by atoms with Crippen molar-refractivity contribution >= 4 is 13.8 Å². The molecule has 0 aromatic heterocycles. The van der Waals surface area contributed by atoms with Crippen LogP contribution in [0.3, 0.4) is 0 Å². The highest BCUT2D eigenvalue weighted by molar-refractivity contribution is 7.45. The lowest BCUT2D eigenvalue weighted by atomic mass is 10.1. The van der Waals surface area contributed by atoms with Crippen LogP contribution in [-0.4, -0.2) is 70.7 Å². The molecule has 0 saturated carbocycles. The van der Waals surface area contributed by atoms with Crippen LogP contribution in [0.2, 0.25) is 0 Å². The molecule has 0 aromatic rings. The summed E-state index contributed by atoms with van der Waals surface area (Å²) in [7, 11) is 1.33. The Labute approximate surface area is 358 Å². The van der Waals surface area contributed by atoms with Gasteiger partial charge in [0.25, 0.3) is 7.82 Å². The number of unbranched alkanes of at least 4 members (excludes halogenated alkanes) is 19. The highest BCUT2D eigenvalue weighted by atomic mass is 31.2. The lowest BCUT2D eigenvalue weighted by Gasteiger charge is -2.28. The van der Waals surface area contributed by atoms with Gasteiger partial charge in [0, 0.05) is 13.0 Å². The quantitative estimate of drug-likeness (QED) is 0.0198. The van der Waals surface area contributed by atoms with Crippen molar-refractivity contribution in [3.8, 4) is 0 Å². The van der Waals surface area contributed by atoms with E-state index in [1.165, 1.54) is 83.5 Å². The van der Waals surface area contributed by atoms with Gasteiger partial charge in [-0.25, -0.2) is 0 Å². The minimum atomic E-state index is -4.54. The van der Waals surface area contributed by atoms with Gasteiger partial charge in [-0.1, -0.05) is 158 Å². The molecular weight excluding hydrogens is 746 g/mol. The highest BCUT2D eigenvalue weighted by Gasteiger charge is 2.20. The lowest BCUT2D eigenvalue weighted by Crippen LogP contribution is -2.37. The Balaban J connectivity index is 4.25. The van der Waals surface area contributed by atoms with Gasteiger partial charge in [-0.15, -0.1) is 0 Å². The summed E-state index contributed by atoms with van der Waals surface area (Å²) in [5.41, 5.74) is 0. The molecular formula is C49H90NO7P. The predicted octanol–water partition coefficient (Wildman–Crippen LogP) is 13.5. The molecule has 0 heterocycles. The van der Waals surface area contributed by atoms with E-state index in [1.54, 1.807) is 0 Å². The second-order valence-electron chi connectivity index (χ2n) is 16.8. The number of esters is 1. The maximum Gasteiger partial charge on any atom is 0.306 e. The van der Waals surface area contributed by atoms with Crippen LogP contribution < -0.4 is 4.89 Å². The minimum absolute atomic E-state index is 0.0186. The van der Waals surface area contributed by atoms with Crippen LogP contribution >= 0.6 is 7.82 Å². The summed E-state index contributed by atoms with van der Waals surface area (Å²) >= 11 is 0. The second kappa shape index (κ2) is 41.9. The normalized spacial score (nSPS) is 14.2. The standard InChI is InChI=1S/C49H90NO7P/c1-6-8-10-12-14-16-18-20-22-24-25-26-27-29-31-33-35-37-39-41-44-54-46-48(47-56-58(52,53)55-45-43-50(3,4)5)57-49(51)42-40-38-36-34-32-30-28-23-21-19-17-15-13-11-9-7-2/h14,16-17,19-20,22-23,25-26,28,48H,6-13,15,18,21,24,27,29-47H2,1-5H3/b16-14-,19-17-,22-20-,26-25-,28-23-. The average Bonchev–Trinajstić information content (AvgIpc) is 3.18. The van der Waals surface area contributed by atoms with Crippen LogP contribution in [-0.2, 0) is 27.9 Å². The first kappa shape index (κ1) is 56.2. The molecule has 0 aromatic carbocycles. The number of rotatable bonds is 43. The second-order valence-corrected chi connectivity index (χ2v) is 18.2.